The first kappa shape index (κ1) is 8.53. The Morgan fingerprint density at radius 1 is 1.31 bits per heavy atom. The number of hydrogen-bond acceptors (Lipinski definition) is 3. The number of nitrogens with zero attached hydrogens (tertiary/aromatic N) is 1. The molecular weight excluding hydrogens is 164 g/mol. The molecule has 1 aliphatic rings. The van der Waals surface area contributed by atoms with Crippen LogP contribution in [0.5, 0.6) is 0 Å². The first-order chi connectivity index (χ1) is 6.34. The second-order valence-electron chi connectivity index (χ2n) is 3.38. The van der Waals surface area contributed by atoms with Gasteiger partial charge in [0, 0.05) is 18.3 Å². The highest BCUT2D eigenvalue weighted by Gasteiger charge is 2.15. The number of hydroxylamine groups is 2. The molecule has 1 fully saturated rings. The molecule has 1 aliphatic heterocycles. The van der Waals surface area contributed by atoms with Gasteiger partial charge in [0.1, 0.15) is 0 Å². The zero-order chi connectivity index (χ0) is 9.10. The summed E-state index contributed by atoms with van der Waals surface area (Å²) in [4.78, 5) is 0. The highest BCUT2D eigenvalue weighted by atomic mass is 16.5. The van der Waals surface area contributed by atoms with Crippen molar-refractivity contribution in [1.82, 2.24) is 5.06 Å². The fourth-order valence-electron chi connectivity index (χ4n) is 1.62. The van der Waals surface area contributed by atoms with Gasteiger partial charge in [-0.15, -0.1) is 0 Å². The van der Waals surface area contributed by atoms with Gasteiger partial charge in [-0.25, -0.2) is 0 Å². The van der Waals surface area contributed by atoms with Crippen LogP contribution in [0.1, 0.15) is 6.42 Å². The molecular formula is C10H13N2O-. The second kappa shape index (κ2) is 3.77. The minimum absolute atomic E-state index is 0.319. The normalized spacial score (nSPS) is 23.3. The molecule has 0 amide bonds. The number of benzene rings is 1. The summed E-state index contributed by atoms with van der Waals surface area (Å²) in [5, 5.41) is 15.4. The lowest BCUT2D eigenvalue weighted by molar-refractivity contribution is 0.466. The van der Waals surface area contributed by atoms with Crippen LogP contribution in [0.4, 0.5) is 5.69 Å². The van der Waals surface area contributed by atoms with E-state index in [0.717, 1.165) is 17.2 Å². The predicted molar refractivity (Wildman–Crippen MR) is 53.4 cm³/mol. The van der Waals surface area contributed by atoms with Crippen molar-refractivity contribution in [3.05, 3.63) is 35.5 Å². The Balaban J connectivity index is 1.92. The Morgan fingerprint density at radius 2 is 2.08 bits per heavy atom. The van der Waals surface area contributed by atoms with Crippen LogP contribution < -0.4 is 5.32 Å². The lowest BCUT2D eigenvalue weighted by Crippen LogP contribution is -2.22. The lowest BCUT2D eigenvalue weighted by atomic mass is 10.2. The molecule has 1 atom stereocenters. The first-order valence-electron chi connectivity index (χ1n) is 4.58. The van der Waals surface area contributed by atoms with E-state index in [0.29, 0.717) is 19.1 Å². The minimum Gasteiger partial charge on any atom is -0.785 e. The SMILES string of the molecule is [O-]N1CCC(Nc2ccccc2)C1. The molecule has 1 unspecified atom stereocenters. The first-order valence-corrected chi connectivity index (χ1v) is 4.58. The van der Waals surface area contributed by atoms with Crippen molar-refractivity contribution in [2.75, 3.05) is 18.4 Å². The molecule has 0 aliphatic carbocycles. The summed E-state index contributed by atoms with van der Waals surface area (Å²) < 4.78 is 0. The molecule has 0 aromatic heterocycles. The molecule has 13 heavy (non-hydrogen) atoms. The molecule has 1 saturated heterocycles. The summed E-state index contributed by atoms with van der Waals surface area (Å²) in [5.41, 5.74) is 1.10. The van der Waals surface area contributed by atoms with E-state index >= 15 is 0 Å². The van der Waals surface area contributed by atoms with Gasteiger partial charge in [-0.2, -0.15) is 0 Å². The van der Waals surface area contributed by atoms with Crippen LogP contribution in [-0.4, -0.2) is 24.2 Å². The van der Waals surface area contributed by atoms with Gasteiger partial charge in [0.05, 0.1) is 0 Å². The maximum Gasteiger partial charge on any atom is 0.0391 e. The van der Waals surface area contributed by atoms with Crippen LogP contribution in [0, 0.1) is 5.21 Å². The Morgan fingerprint density at radius 3 is 2.69 bits per heavy atom. The van der Waals surface area contributed by atoms with E-state index in [1.54, 1.807) is 0 Å². The van der Waals surface area contributed by atoms with E-state index in [2.05, 4.69) is 5.32 Å². The summed E-state index contributed by atoms with van der Waals surface area (Å²) in [6.45, 7) is 1.26. The Labute approximate surface area is 77.9 Å². The Kier molecular flexibility index (Phi) is 2.47. The van der Waals surface area contributed by atoms with Crippen LogP contribution in [-0.2, 0) is 0 Å². The molecule has 0 bridgehead atoms. The third kappa shape index (κ3) is 2.20. The molecule has 0 spiro atoms. The van der Waals surface area contributed by atoms with Crippen LogP contribution in [0.3, 0.4) is 0 Å². The van der Waals surface area contributed by atoms with Crippen LogP contribution >= 0.6 is 0 Å². The largest absolute Gasteiger partial charge is 0.785 e. The van der Waals surface area contributed by atoms with Crippen molar-refractivity contribution in [3.8, 4) is 0 Å². The van der Waals surface area contributed by atoms with Crippen molar-refractivity contribution >= 4 is 5.69 Å². The summed E-state index contributed by atoms with van der Waals surface area (Å²) in [7, 11) is 0. The highest BCUT2D eigenvalue weighted by molar-refractivity contribution is 5.43. The predicted octanol–water partition coefficient (Wildman–Crippen LogP) is 1.67. The van der Waals surface area contributed by atoms with E-state index in [-0.39, 0.29) is 0 Å². The lowest BCUT2D eigenvalue weighted by Gasteiger charge is -2.21. The number of hydrogen-bond donors (Lipinski definition) is 1. The summed E-state index contributed by atoms with van der Waals surface area (Å²) in [6, 6.07) is 10.3. The second-order valence-corrected chi connectivity index (χ2v) is 3.38. The van der Waals surface area contributed by atoms with E-state index in [1.165, 1.54) is 0 Å². The third-order valence-corrected chi connectivity index (χ3v) is 2.30. The number of para-hydroxylation sites is 1. The molecule has 2 rings (SSSR count). The molecule has 1 aromatic rings. The van der Waals surface area contributed by atoms with Crippen molar-refractivity contribution in [3.63, 3.8) is 0 Å². The van der Waals surface area contributed by atoms with Gasteiger partial charge < -0.3 is 15.6 Å². The molecule has 3 nitrogen and oxygen atoms in total. The average molecular weight is 177 g/mol. The monoisotopic (exact) mass is 177 g/mol. The van der Waals surface area contributed by atoms with Gasteiger partial charge >= 0.3 is 0 Å². The Bertz CT molecular complexity index is 263. The van der Waals surface area contributed by atoms with Crippen molar-refractivity contribution in [1.29, 1.82) is 0 Å². The van der Waals surface area contributed by atoms with E-state index in [1.807, 2.05) is 30.3 Å². The van der Waals surface area contributed by atoms with Gasteiger partial charge in [-0.3, -0.25) is 0 Å². The fourth-order valence-corrected chi connectivity index (χ4v) is 1.62. The van der Waals surface area contributed by atoms with Crippen molar-refractivity contribution < 1.29 is 0 Å². The van der Waals surface area contributed by atoms with E-state index < -0.39 is 0 Å². The quantitative estimate of drug-likeness (QED) is 0.746. The molecule has 70 valence electrons. The maximum absolute atomic E-state index is 10.9. The van der Waals surface area contributed by atoms with E-state index in [4.69, 9.17) is 0 Å². The minimum atomic E-state index is 0.319. The molecule has 0 saturated carbocycles. The van der Waals surface area contributed by atoms with Gasteiger partial charge in [0.15, 0.2) is 0 Å². The summed E-state index contributed by atoms with van der Waals surface area (Å²) in [5.74, 6) is 0. The van der Waals surface area contributed by atoms with Crippen molar-refractivity contribution in [2.24, 2.45) is 0 Å². The van der Waals surface area contributed by atoms with Crippen LogP contribution in [0.15, 0.2) is 30.3 Å². The number of rotatable bonds is 2. The fraction of sp³-hybridized carbons (Fsp3) is 0.400. The van der Waals surface area contributed by atoms with Gasteiger partial charge in [-0.05, 0) is 25.1 Å². The van der Waals surface area contributed by atoms with Crippen molar-refractivity contribution in [2.45, 2.75) is 12.5 Å². The van der Waals surface area contributed by atoms with E-state index in [9.17, 15) is 5.21 Å². The maximum atomic E-state index is 10.9. The molecule has 1 heterocycles. The molecule has 3 heteroatoms. The summed E-state index contributed by atoms with van der Waals surface area (Å²) in [6.07, 6.45) is 0.943. The standard InChI is InChI=1S/C10H13N2O/c13-12-7-6-10(8-12)11-9-4-2-1-3-5-9/h1-5,10-11H,6-8H2/q-1. The zero-order valence-corrected chi connectivity index (χ0v) is 7.44. The van der Waals surface area contributed by atoms with Crippen LogP contribution in [0.25, 0.3) is 0 Å². The zero-order valence-electron chi connectivity index (χ0n) is 7.44. The Hall–Kier alpha value is -1.06. The topological polar surface area (TPSA) is 38.3 Å². The van der Waals surface area contributed by atoms with Gasteiger partial charge in [-0.1, -0.05) is 18.2 Å². The number of nitrogens with one attached hydrogen (secondary N) is 1. The highest BCUT2D eigenvalue weighted by Crippen LogP contribution is 2.14. The van der Waals surface area contributed by atoms with Crippen LogP contribution in [0.2, 0.25) is 0 Å². The van der Waals surface area contributed by atoms with Gasteiger partial charge in [0.25, 0.3) is 0 Å². The molecule has 1 aromatic carbocycles. The summed E-state index contributed by atoms with van der Waals surface area (Å²) >= 11 is 0. The number of anilines is 1. The molecule has 0 radical (unpaired) electrons. The third-order valence-electron chi connectivity index (χ3n) is 2.30. The molecule has 1 N–H and O–H groups in total. The van der Waals surface area contributed by atoms with Gasteiger partial charge in [0.2, 0.25) is 0 Å². The average Bonchev–Trinajstić information content (AvgIpc) is 2.53. The smallest absolute Gasteiger partial charge is 0.0391 e.